The highest BCUT2D eigenvalue weighted by Crippen LogP contribution is 2.10. The predicted octanol–water partition coefficient (Wildman–Crippen LogP) is 0.494. The second-order valence-electron chi connectivity index (χ2n) is 5.35. The summed E-state index contributed by atoms with van der Waals surface area (Å²) in [6.07, 6.45) is 0. The lowest BCUT2D eigenvalue weighted by Crippen LogP contribution is -2.49. The number of fused-ring (bicyclic) bond motifs is 1. The van der Waals surface area contributed by atoms with Crippen LogP contribution in [0.4, 0.5) is 0 Å². The number of H-pyrrole nitrogens is 1. The second-order valence-corrected chi connectivity index (χ2v) is 5.35. The molecule has 1 fully saturated rings. The molecule has 0 unspecified atom stereocenters. The van der Waals surface area contributed by atoms with Crippen LogP contribution >= 0.6 is 0 Å². The molecule has 6 nitrogen and oxygen atoms in total. The zero-order valence-electron chi connectivity index (χ0n) is 12.2. The molecule has 1 amide bonds. The summed E-state index contributed by atoms with van der Waals surface area (Å²) in [6.45, 7) is 6.55. The third-order valence-corrected chi connectivity index (χ3v) is 4.15. The third-order valence-electron chi connectivity index (χ3n) is 4.15. The van der Waals surface area contributed by atoms with Crippen LogP contribution in [0.3, 0.4) is 0 Å². The number of aromatic amines is 1. The van der Waals surface area contributed by atoms with Crippen molar-refractivity contribution in [2.24, 2.45) is 0 Å². The molecule has 0 radical (unpaired) electrons. The number of piperazine rings is 1. The van der Waals surface area contributed by atoms with Crippen molar-refractivity contribution in [3.8, 4) is 0 Å². The van der Waals surface area contributed by atoms with E-state index in [9.17, 15) is 9.59 Å². The zero-order chi connectivity index (χ0) is 14.8. The summed E-state index contributed by atoms with van der Waals surface area (Å²) in [7, 11) is 0. The van der Waals surface area contributed by atoms with Gasteiger partial charge in [-0.2, -0.15) is 0 Å². The van der Waals surface area contributed by atoms with Crippen molar-refractivity contribution < 1.29 is 4.79 Å². The van der Waals surface area contributed by atoms with Crippen LogP contribution in [0.15, 0.2) is 29.1 Å². The first-order valence-corrected chi connectivity index (χ1v) is 7.36. The van der Waals surface area contributed by atoms with Gasteiger partial charge < -0.3 is 14.8 Å². The van der Waals surface area contributed by atoms with Gasteiger partial charge >= 0.3 is 5.69 Å². The summed E-state index contributed by atoms with van der Waals surface area (Å²) >= 11 is 0. The number of rotatable bonds is 3. The van der Waals surface area contributed by atoms with Gasteiger partial charge in [-0.1, -0.05) is 19.1 Å². The van der Waals surface area contributed by atoms with Crippen LogP contribution in [0.5, 0.6) is 0 Å². The standard InChI is InChI=1S/C15H20N4O2/c1-2-17-7-9-18(10-8-17)14(20)11-19-13-6-4-3-5-12(13)16-15(19)21/h3-6H,2,7-11H2,1H3,(H,16,21). The summed E-state index contributed by atoms with van der Waals surface area (Å²) in [5.41, 5.74) is 1.32. The normalized spacial score (nSPS) is 16.5. The maximum atomic E-state index is 12.4. The van der Waals surface area contributed by atoms with Crippen molar-refractivity contribution in [1.82, 2.24) is 19.4 Å². The minimum absolute atomic E-state index is 0.0117. The SMILES string of the molecule is CCN1CCN(C(=O)Cn2c(=O)[nH]c3ccccc32)CC1. The van der Waals surface area contributed by atoms with E-state index < -0.39 is 0 Å². The number of likely N-dealkylation sites (N-methyl/N-ethyl adjacent to an activating group) is 1. The number of carbonyl (C=O) groups excluding carboxylic acids is 1. The largest absolute Gasteiger partial charge is 0.339 e. The first-order chi connectivity index (χ1) is 10.2. The number of nitrogens with zero attached hydrogens (tertiary/aromatic N) is 3. The zero-order valence-corrected chi connectivity index (χ0v) is 12.2. The summed E-state index contributed by atoms with van der Waals surface area (Å²) in [5, 5.41) is 0. The molecular weight excluding hydrogens is 268 g/mol. The second kappa shape index (κ2) is 5.73. The van der Waals surface area contributed by atoms with E-state index in [0.717, 1.165) is 43.8 Å². The molecule has 21 heavy (non-hydrogen) atoms. The molecule has 0 atom stereocenters. The maximum absolute atomic E-state index is 12.4. The van der Waals surface area contributed by atoms with Gasteiger partial charge in [-0.3, -0.25) is 9.36 Å². The Balaban J connectivity index is 1.75. The van der Waals surface area contributed by atoms with Crippen molar-refractivity contribution in [3.05, 3.63) is 34.7 Å². The number of hydrogen-bond acceptors (Lipinski definition) is 3. The monoisotopic (exact) mass is 288 g/mol. The molecule has 1 N–H and O–H groups in total. The Labute approximate surface area is 123 Å². The van der Waals surface area contributed by atoms with Crippen molar-refractivity contribution in [2.75, 3.05) is 32.7 Å². The van der Waals surface area contributed by atoms with E-state index in [1.165, 1.54) is 4.57 Å². The van der Waals surface area contributed by atoms with E-state index in [1.807, 2.05) is 29.2 Å². The Morgan fingerprint density at radius 3 is 2.62 bits per heavy atom. The molecule has 6 heteroatoms. The smallest absolute Gasteiger partial charge is 0.326 e. The van der Waals surface area contributed by atoms with E-state index in [-0.39, 0.29) is 18.1 Å². The summed E-state index contributed by atoms with van der Waals surface area (Å²) in [4.78, 5) is 31.3. The number of para-hydroxylation sites is 2. The summed E-state index contributed by atoms with van der Waals surface area (Å²) < 4.78 is 1.52. The molecule has 0 saturated carbocycles. The molecule has 1 aromatic heterocycles. The topological polar surface area (TPSA) is 61.3 Å². The maximum Gasteiger partial charge on any atom is 0.326 e. The number of hydrogen-bond donors (Lipinski definition) is 1. The quantitative estimate of drug-likeness (QED) is 0.894. The van der Waals surface area contributed by atoms with E-state index >= 15 is 0 Å². The molecule has 0 aliphatic carbocycles. The van der Waals surface area contributed by atoms with Gasteiger partial charge in [0, 0.05) is 26.2 Å². The lowest BCUT2D eigenvalue weighted by molar-refractivity contribution is -0.133. The fraction of sp³-hybridized carbons (Fsp3) is 0.467. The average molecular weight is 288 g/mol. The van der Waals surface area contributed by atoms with Crippen LogP contribution in [0.2, 0.25) is 0 Å². The third kappa shape index (κ3) is 2.71. The summed E-state index contributed by atoms with van der Waals surface area (Å²) in [5.74, 6) is 0.0117. The number of amides is 1. The molecule has 112 valence electrons. The van der Waals surface area contributed by atoms with Gasteiger partial charge in [-0.25, -0.2) is 4.79 Å². The Kier molecular flexibility index (Phi) is 3.79. The molecule has 0 bridgehead atoms. The van der Waals surface area contributed by atoms with Crippen molar-refractivity contribution in [3.63, 3.8) is 0 Å². The van der Waals surface area contributed by atoms with E-state index in [0.29, 0.717) is 0 Å². The number of benzene rings is 1. The van der Waals surface area contributed by atoms with Gasteiger partial charge in [0.2, 0.25) is 5.91 Å². The minimum Gasteiger partial charge on any atom is -0.339 e. The molecule has 2 heterocycles. The Morgan fingerprint density at radius 2 is 1.90 bits per heavy atom. The van der Waals surface area contributed by atoms with Crippen LogP contribution in [-0.4, -0.2) is 58.0 Å². The molecule has 3 rings (SSSR count). The van der Waals surface area contributed by atoms with Crippen LogP contribution < -0.4 is 5.69 Å². The minimum atomic E-state index is -0.225. The highest BCUT2D eigenvalue weighted by atomic mass is 16.2. The van der Waals surface area contributed by atoms with Gasteiger partial charge in [0.1, 0.15) is 6.54 Å². The summed E-state index contributed by atoms with van der Waals surface area (Å²) in [6, 6.07) is 7.44. The number of carbonyl (C=O) groups is 1. The highest BCUT2D eigenvalue weighted by molar-refractivity contribution is 5.80. The molecule has 1 aliphatic heterocycles. The average Bonchev–Trinajstić information content (AvgIpc) is 2.83. The van der Waals surface area contributed by atoms with Crippen LogP contribution in [0.25, 0.3) is 11.0 Å². The van der Waals surface area contributed by atoms with Crippen LogP contribution in [0, 0.1) is 0 Å². The Bertz CT molecular complexity index is 695. The molecule has 2 aromatic rings. The van der Waals surface area contributed by atoms with E-state index in [2.05, 4.69) is 16.8 Å². The molecule has 0 spiro atoms. The molecule has 1 aromatic carbocycles. The number of imidazole rings is 1. The fourth-order valence-corrected chi connectivity index (χ4v) is 2.81. The first-order valence-electron chi connectivity index (χ1n) is 7.36. The molecule has 1 aliphatic rings. The van der Waals surface area contributed by atoms with Crippen molar-refractivity contribution in [2.45, 2.75) is 13.5 Å². The number of nitrogens with one attached hydrogen (secondary N) is 1. The van der Waals surface area contributed by atoms with Gasteiger partial charge in [-0.05, 0) is 18.7 Å². The Morgan fingerprint density at radius 1 is 1.19 bits per heavy atom. The lowest BCUT2D eigenvalue weighted by Gasteiger charge is -2.34. The van der Waals surface area contributed by atoms with Gasteiger partial charge in [0.05, 0.1) is 11.0 Å². The molecular formula is C15H20N4O2. The lowest BCUT2D eigenvalue weighted by atomic mass is 10.3. The highest BCUT2D eigenvalue weighted by Gasteiger charge is 2.21. The van der Waals surface area contributed by atoms with Crippen molar-refractivity contribution in [1.29, 1.82) is 0 Å². The van der Waals surface area contributed by atoms with Gasteiger partial charge in [0.25, 0.3) is 0 Å². The van der Waals surface area contributed by atoms with E-state index in [1.54, 1.807) is 0 Å². The van der Waals surface area contributed by atoms with Crippen molar-refractivity contribution >= 4 is 16.9 Å². The Hall–Kier alpha value is -2.08. The number of aromatic nitrogens is 2. The van der Waals surface area contributed by atoms with Gasteiger partial charge in [0.15, 0.2) is 0 Å². The molecule has 1 saturated heterocycles. The van der Waals surface area contributed by atoms with Gasteiger partial charge in [-0.15, -0.1) is 0 Å². The predicted molar refractivity (Wildman–Crippen MR) is 81.3 cm³/mol. The first kappa shape index (κ1) is 13.9. The van der Waals surface area contributed by atoms with E-state index in [4.69, 9.17) is 0 Å². The van der Waals surface area contributed by atoms with Crippen LogP contribution in [0.1, 0.15) is 6.92 Å². The van der Waals surface area contributed by atoms with Crippen LogP contribution in [-0.2, 0) is 11.3 Å². The fourth-order valence-electron chi connectivity index (χ4n) is 2.81.